The van der Waals surface area contributed by atoms with Gasteiger partial charge in [-0.3, -0.25) is 9.78 Å². The predicted octanol–water partition coefficient (Wildman–Crippen LogP) is 4.42. The summed E-state index contributed by atoms with van der Waals surface area (Å²) in [7, 11) is 0. The van der Waals surface area contributed by atoms with E-state index in [9.17, 15) is 14.3 Å². The number of hydrogen-bond acceptors (Lipinski definition) is 6. The molecule has 1 amide bonds. The number of anilines is 1. The molecular weight excluding hydrogens is 439 g/mol. The number of halogens is 1. The zero-order valence-corrected chi connectivity index (χ0v) is 18.6. The Morgan fingerprint density at radius 1 is 1.09 bits per heavy atom. The Bertz CT molecular complexity index is 1230. The maximum absolute atomic E-state index is 13.5. The van der Waals surface area contributed by atoms with Crippen LogP contribution in [-0.2, 0) is 19.6 Å². The maximum atomic E-state index is 13.5. The topological polar surface area (TPSA) is 87.1 Å². The van der Waals surface area contributed by atoms with E-state index in [2.05, 4.69) is 20.6 Å². The van der Waals surface area contributed by atoms with Crippen LogP contribution in [0.4, 0.5) is 10.2 Å². The van der Waals surface area contributed by atoms with Gasteiger partial charge in [0.1, 0.15) is 11.6 Å². The molecule has 0 bridgehead atoms. The highest BCUT2D eigenvalue weighted by atomic mass is 32.1. The Morgan fingerprint density at radius 3 is 2.73 bits per heavy atom. The Kier molecular flexibility index (Phi) is 7.39. The molecule has 33 heavy (non-hydrogen) atoms. The van der Waals surface area contributed by atoms with Crippen molar-refractivity contribution in [2.75, 3.05) is 11.9 Å². The largest absolute Gasteiger partial charge is 0.391 e. The second-order valence-corrected chi connectivity index (χ2v) is 8.40. The molecule has 0 aliphatic heterocycles. The van der Waals surface area contributed by atoms with Gasteiger partial charge in [-0.2, -0.15) is 0 Å². The number of hydrogen-bond donors (Lipinski definition) is 3. The molecule has 168 valence electrons. The summed E-state index contributed by atoms with van der Waals surface area (Å²) < 4.78 is 13.5. The summed E-state index contributed by atoms with van der Waals surface area (Å²) >= 11 is 1.45. The van der Waals surface area contributed by atoms with Crippen LogP contribution in [0.1, 0.15) is 26.4 Å². The molecule has 4 aromatic rings. The highest BCUT2D eigenvalue weighted by molar-refractivity contribution is 7.10. The molecule has 0 aliphatic rings. The van der Waals surface area contributed by atoms with Gasteiger partial charge in [-0.1, -0.05) is 18.2 Å². The second kappa shape index (κ2) is 10.8. The highest BCUT2D eigenvalue weighted by Crippen LogP contribution is 2.27. The summed E-state index contributed by atoms with van der Waals surface area (Å²) in [6.07, 6.45) is 3.96. The van der Waals surface area contributed by atoms with Crippen molar-refractivity contribution in [1.29, 1.82) is 0 Å². The lowest BCUT2D eigenvalue weighted by molar-refractivity contribution is 0.0951. The van der Waals surface area contributed by atoms with E-state index < -0.39 is 0 Å². The van der Waals surface area contributed by atoms with Crippen molar-refractivity contribution < 1.29 is 14.3 Å². The molecule has 0 unspecified atom stereocenters. The van der Waals surface area contributed by atoms with Crippen LogP contribution in [0.3, 0.4) is 0 Å². The number of amides is 1. The SMILES string of the molecule is O=C(NCc1cccnc1)c1ccc(-c2csc(CO)c2)nc1NCCc1cccc(F)c1. The third-order valence-corrected chi connectivity index (χ3v) is 5.94. The van der Waals surface area contributed by atoms with Gasteiger partial charge >= 0.3 is 0 Å². The van der Waals surface area contributed by atoms with Crippen LogP contribution in [0.5, 0.6) is 0 Å². The molecule has 6 nitrogen and oxygen atoms in total. The number of aromatic nitrogens is 2. The first kappa shape index (κ1) is 22.6. The molecule has 0 aliphatic carbocycles. The molecule has 0 spiro atoms. The molecule has 1 aromatic carbocycles. The number of aliphatic hydroxyl groups excluding tert-OH is 1. The van der Waals surface area contributed by atoms with E-state index >= 15 is 0 Å². The van der Waals surface area contributed by atoms with Crippen LogP contribution in [0.15, 0.2) is 72.4 Å². The van der Waals surface area contributed by atoms with E-state index in [-0.39, 0.29) is 18.3 Å². The number of benzene rings is 1. The Hall–Kier alpha value is -3.62. The van der Waals surface area contributed by atoms with Gasteiger partial charge in [0, 0.05) is 41.3 Å². The smallest absolute Gasteiger partial charge is 0.255 e. The monoisotopic (exact) mass is 462 g/mol. The predicted molar refractivity (Wildman–Crippen MR) is 127 cm³/mol. The fourth-order valence-corrected chi connectivity index (χ4v) is 4.07. The van der Waals surface area contributed by atoms with Gasteiger partial charge in [0.15, 0.2) is 0 Å². The number of nitrogens with one attached hydrogen (secondary N) is 2. The molecule has 0 atom stereocenters. The van der Waals surface area contributed by atoms with Crippen molar-refractivity contribution in [3.05, 3.63) is 99.8 Å². The summed E-state index contributed by atoms with van der Waals surface area (Å²) in [5.41, 5.74) is 3.74. The molecule has 0 radical (unpaired) electrons. The van der Waals surface area contributed by atoms with Crippen molar-refractivity contribution in [3.63, 3.8) is 0 Å². The first-order valence-corrected chi connectivity index (χ1v) is 11.4. The molecule has 0 saturated carbocycles. The average molecular weight is 463 g/mol. The van der Waals surface area contributed by atoms with Crippen molar-refractivity contribution in [1.82, 2.24) is 15.3 Å². The maximum Gasteiger partial charge on any atom is 0.255 e. The minimum absolute atomic E-state index is 0.0295. The van der Waals surface area contributed by atoms with Gasteiger partial charge in [-0.25, -0.2) is 9.37 Å². The summed E-state index contributed by atoms with van der Waals surface area (Å²) in [5, 5.41) is 17.4. The zero-order chi connectivity index (χ0) is 23.0. The Labute approximate surface area is 195 Å². The lowest BCUT2D eigenvalue weighted by atomic mass is 10.1. The van der Waals surface area contributed by atoms with Crippen LogP contribution in [-0.4, -0.2) is 27.5 Å². The molecule has 0 saturated heterocycles. The van der Waals surface area contributed by atoms with Gasteiger partial charge in [0.05, 0.1) is 17.9 Å². The van der Waals surface area contributed by atoms with E-state index in [1.807, 2.05) is 29.6 Å². The Morgan fingerprint density at radius 2 is 1.97 bits per heavy atom. The molecule has 3 heterocycles. The van der Waals surface area contributed by atoms with E-state index in [1.165, 1.54) is 23.5 Å². The number of pyridine rings is 2. The third-order valence-electron chi connectivity index (χ3n) is 5.02. The lowest BCUT2D eigenvalue weighted by Gasteiger charge is -2.13. The van der Waals surface area contributed by atoms with Gasteiger partial charge in [-0.05, 0) is 53.9 Å². The number of aliphatic hydroxyl groups is 1. The number of carbonyl (C=O) groups excluding carboxylic acids is 1. The Balaban J connectivity index is 1.53. The van der Waals surface area contributed by atoms with Crippen LogP contribution in [0, 0.1) is 5.82 Å². The van der Waals surface area contributed by atoms with E-state index in [1.54, 1.807) is 30.6 Å². The number of thiophene rings is 1. The summed E-state index contributed by atoms with van der Waals surface area (Å²) in [6, 6.07) is 15.6. The van der Waals surface area contributed by atoms with Gasteiger partial charge in [-0.15, -0.1) is 11.3 Å². The minimum atomic E-state index is -0.278. The normalized spacial score (nSPS) is 10.7. The standard InChI is InChI=1S/C25H23FN4O2S/c26-20-5-1-3-17(11-20)8-10-28-24-22(25(32)29-14-18-4-2-9-27-13-18)6-7-23(30-24)19-12-21(15-31)33-16-19/h1-7,9,11-13,16,31H,8,10,14-15H2,(H,28,30)(H,29,32). The molecule has 0 fully saturated rings. The van der Waals surface area contributed by atoms with E-state index in [4.69, 9.17) is 0 Å². The highest BCUT2D eigenvalue weighted by Gasteiger charge is 2.15. The first-order valence-electron chi connectivity index (χ1n) is 10.5. The van der Waals surface area contributed by atoms with Crippen molar-refractivity contribution in [2.24, 2.45) is 0 Å². The van der Waals surface area contributed by atoms with Crippen molar-refractivity contribution in [3.8, 4) is 11.3 Å². The molecule has 8 heteroatoms. The zero-order valence-electron chi connectivity index (χ0n) is 17.8. The minimum Gasteiger partial charge on any atom is -0.391 e. The summed E-state index contributed by atoms with van der Waals surface area (Å²) in [5.74, 6) is -0.0860. The van der Waals surface area contributed by atoms with Gasteiger partial charge in [0.2, 0.25) is 0 Å². The first-order chi connectivity index (χ1) is 16.1. The van der Waals surface area contributed by atoms with E-state index in [0.717, 1.165) is 21.6 Å². The van der Waals surface area contributed by atoms with Crippen molar-refractivity contribution >= 4 is 23.1 Å². The molecule has 3 aromatic heterocycles. The van der Waals surface area contributed by atoms with Crippen molar-refractivity contribution in [2.45, 2.75) is 19.6 Å². The molecular formula is C25H23FN4O2S. The summed E-state index contributed by atoms with van der Waals surface area (Å²) in [6.45, 7) is 0.800. The van der Waals surface area contributed by atoms with Crippen LogP contribution in [0.2, 0.25) is 0 Å². The summed E-state index contributed by atoms with van der Waals surface area (Å²) in [4.78, 5) is 22.5. The molecule has 4 rings (SSSR count). The van der Waals surface area contributed by atoms with Crippen LogP contribution < -0.4 is 10.6 Å². The fourth-order valence-electron chi connectivity index (χ4n) is 3.33. The van der Waals surface area contributed by atoms with Crippen LogP contribution in [0.25, 0.3) is 11.3 Å². The second-order valence-electron chi connectivity index (χ2n) is 7.40. The van der Waals surface area contributed by atoms with Gasteiger partial charge < -0.3 is 15.7 Å². The van der Waals surface area contributed by atoms with Crippen LogP contribution >= 0.6 is 11.3 Å². The average Bonchev–Trinajstić information content (AvgIpc) is 3.33. The lowest BCUT2D eigenvalue weighted by Crippen LogP contribution is -2.24. The quantitative estimate of drug-likeness (QED) is 0.343. The van der Waals surface area contributed by atoms with E-state index in [0.29, 0.717) is 36.6 Å². The molecule has 3 N–H and O–H groups in total. The van der Waals surface area contributed by atoms with Gasteiger partial charge in [0.25, 0.3) is 5.91 Å². The number of carbonyl (C=O) groups is 1. The third kappa shape index (κ3) is 6.00. The number of rotatable bonds is 9. The number of nitrogens with zero attached hydrogens (tertiary/aromatic N) is 2. The fraction of sp³-hybridized carbons (Fsp3) is 0.160.